The van der Waals surface area contributed by atoms with Gasteiger partial charge in [0, 0.05) is 6.42 Å². The van der Waals surface area contributed by atoms with Crippen LogP contribution < -0.4 is 16.4 Å². The minimum Gasteiger partial charge on any atom is -0.481 e. The van der Waals surface area contributed by atoms with E-state index in [-0.39, 0.29) is 6.42 Å². The second-order valence-electron chi connectivity index (χ2n) is 5.56. The molecule has 0 aromatic carbocycles. The van der Waals surface area contributed by atoms with E-state index >= 15 is 0 Å². The zero-order chi connectivity index (χ0) is 20.1. The maximum Gasteiger partial charge on any atom is 0.326 e. The molecule has 0 aromatic rings. The molecule has 0 aliphatic carbocycles. The summed E-state index contributed by atoms with van der Waals surface area (Å²) < 4.78 is 0. The summed E-state index contributed by atoms with van der Waals surface area (Å²) in [6, 6.07) is -3.02. The van der Waals surface area contributed by atoms with Crippen molar-refractivity contribution in [2.45, 2.75) is 43.8 Å². The standard InChI is InChI=1S/C15H27N3O6S2/c1-25-7-5-9(16)13(21)17-10(6-8-26-2)14(22)18-11(15(23)24)3-4-12(19)20/h9-11H,3-8,16H2,1-2H3,(H,17,21)(H,18,22)(H,19,20)(H,23,24)/t9-,10-,11-/m0/s1. The van der Waals surface area contributed by atoms with Gasteiger partial charge in [-0.3, -0.25) is 14.4 Å². The molecule has 2 amide bonds. The van der Waals surface area contributed by atoms with E-state index in [9.17, 15) is 19.2 Å². The number of carboxylic acid groups (broad SMARTS) is 2. The molecule has 0 fully saturated rings. The molecular formula is C15H27N3O6S2. The van der Waals surface area contributed by atoms with Gasteiger partial charge >= 0.3 is 11.9 Å². The van der Waals surface area contributed by atoms with E-state index in [1.165, 1.54) is 11.8 Å². The first-order valence-corrected chi connectivity index (χ1v) is 10.8. The molecule has 0 unspecified atom stereocenters. The van der Waals surface area contributed by atoms with Gasteiger partial charge in [0.1, 0.15) is 12.1 Å². The van der Waals surface area contributed by atoms with Crippen LogP contribution in [0.5, 0.6) is 0 Å². The quantitative estimate of drug-likeness (QED) is 0.260. The van der Waals surface area contributed by atoms with Crippen LogP contribution in [-0.4, -0.2) is 76.1 Å². The number of rotatable bonds is 14. The molecule has 0 rings (SSSR count). The van der Waals surface area contributed by atoms with E-state index in [0.717, 1.165) is 0 Å². The molecule has 0 radical (unpaired) electrons. The van der Waals surface area contributed by atoms with Crippen LogP contribution in [0, 0.1) is 0 Å². The van der Waals surface area contributed by atoms with Gasteiger partial charge in [-0.15, -0.1) is 0 Å². The van der Waals surface area contributed by atoms with Gasteiger partial charge in [-0.05, 0) is 43.3 Å². The average Bonchev–Trinajstić information content (AvgIpc) is 2.58. The number of thioether (sulfide) groups is 2. The van der Waals surface area contributed by atoms with E-state index in [1.54, 1.807) is 11.8 Å². The van der Waals surface area contributed by atoms with Crippen molar-refractivity contribution in [3.63, 3.8) is 0 Å². The summed E-state index contributed by atoms with van der Waals surface area (Å²) >= 11 is 3.03. The lowest BCUT2D eigenvalue weighted by molar-refractivity contribution is -0.143. The minimum absolute atomic E-state index is 0.243. The second-order valence-corrected chi connectivity index (χ2v) is 7.53. The van der Waals surface area contributed by atoms with Crippen LogP contribution in [0.1, 0.15) is 25.7 Å². The largest absolute Gasteiger partial charge is 0.481 e. The highest BCUT2D eigenvalue weighted by Crippen LogP contribution is 2.05. The second kappa shape index (κ2) is 13.7. The molecule has 0 saturated carbocycles. The van der Waals surface area contributed by atoms with Gasteiger partial charge in [0.15, 0.2) is 0 Å². The van der Waals surface area contributed by atoms with Gasteiger partial charge in [-0.25, -0.2) is 4.79 Å². The van der Waals surface area contributed by atoms with E-state index in [1.807, 2.05) is 12.5 Å². The molecule has 0 saturated heterocycles. The van der Waals surface area contributed by atoms with Gasteiger partial charge < -0.3 is 26.6 Å². The molecule has 0 bridgehead atoms. The topological polar surface area (TPSA) is 159 Å². The predicted octanol–water partition coefficient (Wildman–Crippen LogP) is -0.261. The first kappa shape index (κ1) is 24.5. The maximum atomic E-state index is 12.4. The first-order chi connectivity index (χ1) is 12.2. The van der Waals surface area contributed by atoms with Gasteiger partial charge in [0.25, 0.3) is 0 Å². The first-order valence-electron chi connectivity index (χ1n) is 8.01. The zero-order valence-electron chi connectivity index (χ0n) is 14.9. The summed E-state index contributed by atoms with van der Waals surface area (Å²) in [5, 5.41) is 22.7. The Morgan fingerprint density at radius 3 is 1.92 bits per heavy atom. The highest BCUT2D eigenvalue weighted by molar-refractivity contribution is 7.98. The number of carbonyl (C=O) groups is 4. The van der Waals surface area contributed by atoms with E-state index < -0.39 is 48.3 Å². The normalized spacial score (nSPS) is 14.1. The number of nitrogens with two attached hydrogens (primary N) is 1. The van der Waals surface area contributed by atoms with Crippen molar-refractivity contribution in [2.24, 2.45) is 5.73 Å². The molecule has 3 atom stereocenters. The van der Waals surface area contributed by atoms with Crippen LogP contribution >= 0.6 is 23.5 Å². The van der Waals surface area contributed by atoms with Crippen molar-refractivity contribution in [1.82, 2.24) is 10.6 Å². The number of hydrogen-bond acceptors (Lipinski definition) is 7. The SMILES string of the molecule is CSCC[C@H](NC(=O)[C@@H](N)CCSC)C(=O)N[C@@H](CCC(=O)O)C(=O)O. The lowest BCUT2D eigenvalue weighted by atomic mass is 10.1. The van der Waals surface area contributed by atoms with E-state index in [2.05, 4.69) is 10.6 Å². The van der Waals surface area contributed by atoms with Gasteiger partial charge in [0.05, 0.1) is 6.04 Å². The Kier molecular flexibility index (Phi) is 12.9. The molecule has 0 aliphatic heterocycles. The lowest BCUT2D eigenvalue weighted by Gasteiger charge is -2.22. The summed E-state index contributed by atoms with van der Waals surface area (Å²) in [5.74, 6) is -2.35. The Morgan fingerprint density at radius 2 is 1.42 bits per heavy atom. The Labute approximate surface area is 161 Å². The molecule has 26 heavy (non-hydrogen) atoms. The number of nitrogens with one attached hydrogen (secondary N) is 2. The molecule has 0 heterocycles. The number of carbonyl (C=O) groups excluding carboxylic acids is 2. The van der Waals surface area contributed by atoms with Gasteiger partial charge in [-0.1, -0.05) is 0 Å². The third-order valence-corrected chi connectivity index (χ3v) is 4.76. The Bertz CT molecular complexity index is 492. The summed E-state index contributed by atoms with van der Waals surface area (Å²) in [5.41, 5.74) is 5.79. The molecule has 0 aliphatic rings. The van der Waals surface area contributed by atoms with Gasteiger partial charge in [-0.2, -0.15) is 23.5 Å². The average molecular weight is 410 g/mol. The Hall–Kier alpha value is -1.46. The predicted molar refractivity (Wildman–Crippen MR) is 102 cm³/mol. The smallest absolute Gasteiger partial charge is 0.326 e. The summed E-state index contributed by atoms with van der Waals surface area (Å²) in [7, 11) is 0. The number of amides is 2. The molecule has 0 aromatic heterocycles. The Morgan fingerprint density at radius 1 is 0.885 bits per heavy atom. The molecule has 150 valence electrons. The van der Waals surface area contributed by atoms with Crippen LogP contribution in [0.4, 0.5) is 0 Å². The fourth-order valence-corrected chi connectivity index (χ4v) is 2.92. The highest BCUT2D eigenvalue weighted by Gasteiger charge is 2.27. The van der Waals surface area contributed by atoms with Crippen LogP contribution in [0.25, 0.3) is 0 Å². The number of aliphatic carboxylic acids is 2. The zero-order valence-corrected chi connectivity index (χ0v) is 16.5. The molecule has 11 heteroatoms. The highest BCUT2D eigenvalue weighted by atomic mass is 32.2. The summed E-state index contributed by atoms with van der Waals surface area (Å²) in [6.07, 6.45) is 3.86. The van der Waals surface area contributed by atoms with Crippen LogP contribution in [0.3, 0.4) is 0 Å². The van der Waals surface area contributed by atoms with Crippen molar-refractivity contribution < 1.29 is 29.4 Å². The van der Waals surface area contributed by atoms with E-state index in [4.69, 9.17) is 15.9 Å². The minimum atomic E-state index is -1.34. The molecule has 6 N–H and O–H groups in total. The molecule has 9 nitrogen and oxygen atoms in total. The van der Waals surface area contributed by atoms with Crippen molar-refractivity contribution >= 4 is 47.3 Å². The summed E-state index contributed by atoms with van der Waals surface area (Å²) in [4.78, 5) is 46.3. The monoisotopic (exact) mass is 409 g/mol. The number of hydrogen-bond donors (Lipinski definition) is 5. The molecule has 0 spiro atoms. The van der Waals surface area contributed by atoms with Crippen LogP contribution in [0.2, 0.25) is 0 Å². The third kappa shape index (κ3) is 10.5. The fourth-order valence-electron chi connectivity index (χ4n) is 1.96. The van der Waals surface area contributed by atoms with Gasteiger partial charge in [0.2, 0.25) is 11.8 Å². The summed E-state index contributed by atoms with van der Waals surface area (Å²) in [6.45, 7) is 0. The lowest BCUT2D eigenvalue weighted by Crippen LogP contribution is -2.54. The van der Waals surface area contributed by atoms with Crippen LogP contribution in [-0.2, 0) is 19.2 Å². The van der Waals surface area contributed by atoms with Crippen molar-refractivity contribution in [3.05, 3.63) is 0 Å². The maximum absolute atomic E-state index is 12.4. The molecular weight excluding hydrogens is 382 g/mol. The Balaban J connectivity index is 4.90. The third-order valence-electron chi connectivity index (χ3n) is 3.47. The van der Waals surface area contributed by atoms with Crippen molar-refractivity contribution in [1.29, 1.82) is 0 Å². The van der Waals surface area contributed by atoms with Crippen LogP contribution in [0.15, 0.2) is 0 Å². The van der Waals surface area contributed by atoms with E-state index in [0.29, 0.717) is 24.3 Å². The fraction of sp³-hybridized carbons (Fsp3) is 0.733. The van der Waals surface area contributed by atoms with Crippen molar-refractivity contribution in [2.75, 3.05) is 24.0 Å². The van der Waals surface area contributed by atoms with Crippen molar-refractivity contribution in [3.8, 4) is 0 Å². The number of carboxylic acids is 2.